The summed E-state index contributed by atoms with van der Waals surface area (Å²) in [6, 6.07) is 14.8. The maximum absolute atomic E-state index is 13.9. The molecule has 0 radical (unpaired) electrons. The second kappa shape index (κ2) is 7.00. The van der Waals surface area contributed by atoms with Crippen molar-refractivity contribution in [2.45, 2.75) is 24.4 Å². The van der Waals surface area contributed by atoms with Crippen molar-refractivity contribution < 1.29 is 4.39 Å². The van der Waals surface area contributed by atoms with E-state index in [1.165, 1.54) is 0 Å². The molecule has 1 aliphatic carbocycles. The number of hydrogen-bond donors (Lipinski definition) is 2. The molecule has 136 valence electrons. The van der Waals surface area contributed by atoms with Crippen LogP contribution in [0.3, 0.4) is 0 Å². The van der Waals surface area contributed by atoms with Gasteiger partial charge in [-0.2, -0.15) is 5.10 Å². The van der Waals surface area contributed by atoms with Gasteiger partial charge in [-0.3, -0.25) is 0 Å². The summed E-state index contributed by atoms with van der Waals surface area (Å²) >= 11 is 6.30. The van der Waals surface area contributed by atoms with Crippen molar-refractivity contribution in [2.24, 2.45) is 10.9 Å². The summed E-state index contributed by atoms with van der Waals surface area (Å²) in [7, 11) is 1.82. The van der Waals surface area contributed by atoms with E-state index in [2.05, 4.69) is 11.7 Å². The van der Waals surface area contributed by atoms with Gasteiger partial charge in [-0.1, -0.05) is 48.5 Å². The lowest BCUT2D eigenvalue weighted by Gasteiger charge is -2.47. The maximum atomic E-state index is 13.9. The van der Waals surface area contributed by atoms with Crippen molar-refractivity contribution in [1.29, 1.82) is 0 Å². The van der Waals surface area contributed by atoms with Crippen molar-refractivity contribution in [1.82, 2.24) is 4.90 Å². The lowest BCUT2D eigenvalue weighted by molar-refractivity contribution is 0.135. The summed E-state index contributed by atoms with van der Waals surface area (Å²) in [4.78, 5) is 1.80. The molecule has 2 aromatic rings. The Hall–Kier alpha value is -2.53. The summed E-state index contributed by atoms with van der Waals surface area (Å²) in [6.45, 7) is 4.14. The molecule has 4 N–H and O–H groups in total. The van der Waals surface area contributed by atoms with Crippen LogP contribution < -0.4 is 11.6 Å². The fourth-order valence-electron chi connectivity index (χ4n) is 3.58. The van der Waals surface area contributed by atoms with E-state index in [4.69, 9.17) is 23.2 Å². The zero-order valence-corrected chi connectivity index (χ0v) is 15.4. The SMILES string of the molecule is C=C(c1ccccc1Cl)N(C)/C(=N\N)C1(c2ccc(N)cc2)CC(F)C1. The highest BCUT2D eigenvalue weighted by atomic mass is 35.5. The van der Waals surface area contributed by atoms with E-state index >= 15 is 0 Å². The predicted molar refractivity (Wildman–Crippen MR) is 107 cm³/mol. The molecule has 1 aliphatic rings. The average Bonchev–Trinajstić information content (AvgIpc) is 2.60. The smallest absolute Gasteiger partial charge is 0.139 e. The van der Waals surface area contributed by atoms with Crippen LogP contribution in [0.5, 0.6) is 0 Å². The monoisotopic (exact) mass is 372 g/mol. The molecule has 0 amide bonds. The summed E-state index contributed by atoms with van der Waals surface area (Å²) in [6.07, 6.45) is -0.272. The van der Waals surface area contributed by atoms with Gasteiger partial charge in [0.15, 0.2) is 0 Å². The molecule has 1 fully saturated rings. The number of rotatable bonds is 4. The van der Waals surface area contributed by atoms with Crippen LogP contribution in [0.15, 0.2) is 60.2 Å². The molecule has 0 aromatic heterocycles. The quantitative estimate of drug-likeness (QED) is 0.278. The van der Waals surface area contributed by atoms with Crippen molar-refractivity contribution in [3.8, 4) is 0 Å². The van der Waals surface area contributed by atoms with Crippen molar-refractivity contribution >= 4 is 28.8 Å². The van der Waals surface area contributed by atoms with E-state index in [0.717, 1.165) is 11.1 Å². The Morgan fingerprint density at radius 3 is 2.38 bits per heavy atom. The average molecular weight is 373 g/mol. The van der Waals surface area contributed by atoms with E-state index in [0.29, 0.717) is 35.1 Å². The number of halogens is 2. The van der Waals surface area contributed by atoms with Crippen molar-refractivity contribution in [3.05, 3.63) is 71.3 Å². The Morgan fingerprint density at radius 1 is 1.23 bits per heavy atom. The topological polar surface area (TPSA) is 67.6 Å². The number of hydrogen-bond acceptors (Lipinski definition) is 3. The number of amidine groups is 1. The largest absolute Gasteiger partial charge is 0.399 e. The van der Waals surface area contributed by atoms with Crippen LogP contribution in [-0.2, 0) is 5.41 Å². The maximum Gasteiger partial charge on any atom is 0.139 e. The van der Waals surface area contributed by atoms with Crippen LogP contribution in [0.25, 0.3) is 5.70 Å². The van der Waals surface area contributed by atoms with E-state index in [1.807, 2.05) is 37.4 Å². The van der Waals surface area contributed by atoms with Crippen molar-refractivity contribution in [3.63, 3.8) is 0 Å². The first-order valence-electron chi connectivity index (χ1n) is 8.35. The molecule has 0 atom stereocenters. The molecule has 6 heteroatoms. The minimum atomic E-state index is -0.897. The van der Waals surface area contributed by atoms with Crippen molar-refractivity contribution in [2.75, 3.05) is 12.8 Å². The van der Waals surface area contributed by atoms with Crippen LogP contribution >= 0.6 is 11.6 Å². The zero-order chi connectivity index (χ0) is 18.9. The summed E-state index contributed by atoms with van der Waals surface area (Å²) in [5.74, 6) is 6.32. The van der Waals surface area contributed by atoms with E-state index < -0.39 is 11.6 Å². The second-order valence-electron chi connectivity index (χ2n) is 6.65. The van der Waals surface area contributed by atoms with Gasteiger partial charge in [0.2, 0.25) is 0 Å². The van der Waals surface area contributed by atoms with Gasteiger partial charge in [-0.05, 0) is 36.6 Å². The molecule has 2 aromatic carbocycles. The molecule has 3 rings (SSSR count). The summed E-state index contributed by atoms with van der Waals surface area (Å²) in [5.41, 5.74) is 8.20. The molecule has 1 saturated carbocycles. The number of likely N-dealkylation sites (N-methyl/N-ethyl adjacent to an activating group) is 1. The molecule has 0 unspecified atom stereocenters. The molecular weight excluding hydrogens is 351 g/mol. The Balaban J connectivity index is 1.99. The Labute approximate surface area is 157 Å². The third-order valence-electron chi connectivity index (χ3n) is 5.06. The van der Waals surface area contributed by atoms with Gasteiger partial charge in [-0.15, -0.1) is 0 Å². The van der Waals surface area contributed by atoms with Gasteiger partial charge < -0.3 is 16.5 Å². The van der Waals surface area contributed by atoms with Gasteiger partial charge in [0.05, 0.1) is 5.41 Å². The van der Waals surface area contributed by atoms with Gasteiger partial charge in [0.1, 0.15) is 12.0 Å². The van der Waals surface area contributed by atoms with Gasteiger partial charge in [0.25, 0.3) is 0 Å². The molecular formula is C20H22ClFN4. The molecule has 0 heterocycles. The summed E-state index contributed by atoms with van der Waals surface area (Å²) in [5, 5.41) is 4.62. The van der Waals surface area contributed by atoms with Crippen LogP contribution in [-0.4, -0.2) is 24.0 Å². The number of nitrogens with two attached hydrogens (primary N) is 2. The van der Waals surface area contributed by atoms with Gasteiger partial charge >= 0.3 is 0 Å². The molecule has 4 nitrogen and oxygen atoms in total. The van der Waals surface area contributed by atoms with E-state index in [1.54, 1.807) is 23.1 Å². The third kappa shape index (κ3) is 3.03. The normalized spacial score (nSPS) is 22.6. The standard InChI is InChI=1S/C20H22ClFN4/c1-13(17-5-3-4-6-18(17)21)26(2)19(25-24)20(11-15(22)12-20)14-7-9-16(23)10-8-14/h3-10,15H,1,11-12,23-24H2,2H3/b25-19-. The number of nitrogen functional groups attached to an aromatic ring is 1. The highest BCUT2D eigenvalue weighted by Gasteiger charge is 2.51. The van der Waals surface area contributed by atoms with Crippen LogP contribution in [0.2, 0.25) is 5.02 Å². The highest BCUT2D eigenvalue weighted by molar-refractivity contribution is 6.32. The minimum Gasteiger partial charge on any atom is -0.399 e. The zero-order valence-electron chi connectivity index (χ0n) is 14.6. The molecule has 0 spiro atoms. The van der Waals surface area contributed by atoms with Gasteiger partial charge in [-0.25, -0.2) is 4.39 Å². The lowest BCUT2D eigenvalue weighted by atomic mass is 9.62. The third-order valence-corrected chi connectivity index (χ3v) is 5.39. The molecule has 0 aliphatic heterocycles. The number of anilines is 1. The van der Waals surface area contributed by atoms with E-state index in [-0.39, 0.29) is 0 Å². The number of nitrogens with zero attached hydrogens (tertiary/aromatic N) is 2. The lowest BCUT2D eigenvalue weighted by Crippen LogP contribution is -2.54. The fraction of sp³-hybridized carbons (Fsp3) is 0.250. The first kappa shape index (κ1) is 18.3. The number of alkyl halides is 1. The Morgan fingerprint density at radius 2 is 1.85 bits per heavy atom. The predicted octanol–water partition coefficient (Wildman–Crippen LogP) is 4.17. The second-order valence-corrected chi connectivity index (χ2v) is 7.06. The first-order chi connectivity index (χ1) is 12.4. The highest BCUT2D eigenvalue weighted by Crippen LogP contribution is 2.48. The summed E-state index contributed by atoms with van der Waals surface area (Å²) < 4.78 is 13.9. The van der Waals surface area contributed by atoms with Crippen LogP contribution in [0, 0.1) is 0 Å². The first-order valence-corrected chi connectivity index (χ1v) is 8.73. The Bertz CT molecular complexity index is 841. The van der Waals surface area contributed by atoms with E-state index in [9.17, 15) is 4.39 Å². The minimum absolute atomic E-state index is 0.313. The number of benzene rings is 2. The van der Waals surface area contributed by atoms with Crippen LogP contribution in [0.1, 0.15) is 24.0 Å². The molecule has 0 saturated heterocycles. The fourth-order valence-corrected chi connectivity index (χ4v) is 3.83. The molecule has 0 bridgehead atoms. The van der Waals surface area contributed by atoms with Crippen LogP contribution in [0.4, 0.5) is 10.1 Å². The Kier molecular flexibility index (Phi) is 4.92. The molecule has 26 heavy (non-hydrogen) atoms. The van der Waals surface area contributed by atoms with Gasteiger partial charge in [0, 0.05) is 29.0 Å². The number of hydrazone groups is 1.